The minimum Gasteiger partial charge on any atom is -0.317 e. The van der Waals surface area contributed by atoms with Gasteiger partial charge in [-0.15, -0.1) is 0 Å². The molecule has 0 aromatic heterocycles. The Bertz CT molecular complexity index is 136. The van der Waals surface area contributed by atoms with Crippen molar-refractivity contribution in [2.45, 2.75) is 37.8 Å². The minimum absolute atomic E-state index is 0.800. The predicted octanol–water partition coefficient (Wildman–Crippen LogP) is 0.833. The van der Waals surface area contributed by atoms with Crippen LogP contribution in [-0.2, 0) is 0 Å². The molecular weight excluding hydrogens is 136 g/mol. The zero-order valence-corrected chi connectivity index (χ0v) is 7.34. The fraction of sp³-hybridized carbons (Fsp3) is 1.00. The maximum Gasteiger partial charge on any atom is 0.0111 e. The van der Waals surface area contributed by atoms with Gasteiger partial charge in [-0.2, -0.15) is 0 Å². The lowest BCUT2D eigenvalue weighted by Gasteiger charge is -2.34. The lowest BCUT2D eigenvalue weighted by Crippen LogP contribution is -2.44. The molecular formula is C9H18N2. The molecule has 0 bridgehead atoms. The van der Waals surface area contributed by atoms with Crippen LogP contribution in [0.15, 0.2) is 0 Å². The number of hydrogen-bond acceptors (Lipinski definition) is 2. The minimum atomic E-state index is 0.800. The van der Waals surface area contributed by atoms with E-state index in [-0.39, 0.29) is 0 Å². The second-order valence-electron chi connectivity index (χ2n) is 3.84. The zero-order valence-electron chi connectivity index (χ0n) is 7.34. The standard InChI is InChI=1S/C9H18N2/c1-10-8-4-6-11-5-2-3-9(11)7-8/h8-10H,2-7H2,1H3. The number of nitrogens with one attached hydrogen (secondary N) is 1. The van der Waals surface area contributed by atoms with Crippen LogP contribution in [0.4, 0.5) is 0 Å². The Hall–Kier alpha value is -0.0800. The van der Waals surface area contributed by atoms with E-state index in [1.165, 1.54) is 38.8 Å². The van der Waals surface area contributed by atoms with Crippen LogP contribution in [0, 0.1) is 0 Å². The van der Waals surface area contributed by atoms with Crippen LogP contribution < -0.4 is 5.32 Å². The van der Waals surface area contributed by atoms with Crippen LogP contribution >= 0.6 is 0 Å². The van der Waals surface area contributed by atoms with Crippen LogP contribution in [0.5, 0.6) is 0 Å². The van der Waals surface area contributed by atoms with Crippen molar-refractivity contribution in [2.75, 3.05) is 20.1 Å². The molecule has 0 saturated carbocycles. The smallest absolute Gasteiger partial charge is 0.0111 e. The van der Waals surface area contributed by atoms with Crippen LogP contribution in [0.25, 0.3) is 0 Å². The number of rotatable bonds is 1. The first-order valence-corrected chi connectivity index (χ1v) is 4.81. The monoisotopic (exact) mass is 154 g/mol. The molecule has 2 fully saturated rings. The maximum absolute atomic E-state index is 3.39. The molecule has 2 aliphatic heterocycles. The summed E-state index contributed by atoms with van der Waals surface area (Å²) in [4.78, 5) is 2.66. The van der Waals surface area contributed by atoms with Gasteiger partial charge in [0.1, 0.15) is 0 Å². The first kappa shape index (κ1) is 7.56. The van der Waals surface area contributed by atoms with E-state index < -0.39 is 0 Å². The molecule has 2 heterocycles. The van der Waals surface area contributed by atoms with Crippen molar-refractivity contribution in [3.05, 3.63) is 0 Å². The van der Waals surface area contributed by atoms with E-state index in [0.717, 1.165) is 12.1 Å². The molecule has 0 spiro atoms. The molecule has 64 valence electrons. The molecule has 2 aliphatic rings. The van der Waals surface area contributed by atoms with E-state index in [2.05, 4.69) is 17.3 Å². The fourth-order valence-electron chi connectivity index (χ4n) is 2.49. The molecule has 11 heavy (non-hydrogen) atoms. The molecule has 2 saturated heterocycles. The van der Waals surface area contributed by atoms with Crippen molar-refractivity contribution in [3.8, 4) is 0 Å². The van der Waals surface area contributed by atoms with Crippen molar-refractivity contribution in [1.29, 1.82) is 0 Å². The van der Waals surface area contributed by atoms with E-state index in [4.69, 9.17) is 0 Å². The molecule has 2 nitrogen and oxygen atoms in total. The van der Waals surface area contributed by atoms with Crippen LogP contribution in [-0.4, -0.2) is 37.1 Å². The average molecular weight is 154 g/mol. The summed E-state index contributed by atoms with van der Waals surface area (Å²) in [6, 6.07) is 1.72. The van der Waals surface area contributed by atoms with Gasteiger partial charge in [-0.3, -0.25) is 0 Å². The quantitative estimate of drug-likeness (QED) is 0.602. The zero-order chi connectivity index (χ0) is 7.68. The fourth-order valence-corrected chi connectivity index (χ4v) is 2.49. The van der Waals surface area contributed by atoms with Gasteiger partial charge in [0, 0.05) is 12.1 Å². The molecule has 0 aliphatic carbocycles. The summed E-state index contributed by atoms with van der Waals surface area (Å²) in [6.07, 6.45) is 5.61. The number of hydrogen-bond donors (Lipinski definition) is 1. The van der Waals surface area contributed by atoms with Crippen molar-refractivity contribution in [2.24, 2.45) is 0 Å². The highest BCUT2D eigenvalue weighted by atomic mass is 15.2. The Morgan fingerprint density at radius 3 is 3.00 bits per heavy atom. The molecule has 1 N–H and O–H groups in total. The summed E-state index contributed by atoms with van der Waals surface area (Å²) in [7, 11) is 2.09. The molecule has 2 rings (SSSR count). The Kier molecular flexibility index (Phi) is 2.14. The highest BCUT2D eigenvalue weighted by molar-refractivity contribution is 4.88. The van der Waals surface area contributed by atoms with Crippen LogP contribution in [0.3, 0.4) is 0 Å². The third kappa shape index (κ3) is 1.42. The van der Waals surface area contributed by atoms with Gasteiger partial charge in [0.2, 0.25) is 0 Å². The first-order valence-electron chi connectivity index (χ1n) is 4.81. The molecule has 0 aromatic carbocycles. The van der Waals surface area contributed by atoms with Gasteiger partial charge < -0.3 is 10.2 Å². The summed E-state index contributed by atoms with van der Waals surface area (Å²) >= 11 is 0. The molecule has 2 unspecified atom stereocenters. The van der Waals surface area contributed by atoms with Gasteiger partial charge >= 0.3 is 0 Å². The third-order valence-corrected chi connectivity index (χ3v) is 3.23. The van der Waals surface area contributed by atoms with E-state index in [1.807, 2.05) is 0 Å². The molecule has 0 amide bonds. The highest BCUT2D eigenvalue weighted by Gasteiger charge is 2.30. The van der Waals surface area contributed by atoms with E-state index in [1.54, 1.807) is 0 Å². The Balaban J connectivity index is 1.91. The number of nitrogens with zero attached hydrogens (tertiary/aromatic N) is 1. The van der Waals surface area contributed by atoms with Gasteiger partial charge in [0.25, 0.3) is 0 Å². The average Bonchev–Trinajstić information content (AvgIpc) is 2.50. The maximum atomic E-state index is 3.39. The van der Waals surface area contributed by atoms with Gasteiger partial charge in [-0.25, -0.2) is 0 Å². The number of fused-ring (bicyclic) bond motifs is 1. The second kappa shape index (κ2) is 3.11. The van der Waals surface area contributed by atoms with Gasteiger partial charge in [0.05, 0.1) is 0 Å². The number of piperidine rings is 1. The van der Waals surface area contributed by atoms with Crippen molar-refractivity contribution in [3.63, 3.8) is 0 Å². The van der Waals surface area contributed by atoms with Crippen LogP contribution in [0.2, 0.25) is 0 Å². The topological polar surface area (TPSA) is 15.3 Å². The summed E-state index contributed by atoms with van der Waals surface area (Å²) in [5, 5.41) is 3.39. The summed E-state index contributed by atoms with van der Waals surface area (Å²) in [5.41, 5.74) is 0. The first-order chi connectivity index (χ1) is 5.40. The highest BCUT2D eigenvalue weighted by Crippen LogP contribution is 2.26. The Morgan fingerprint density at radius 2 is 2.18 bits per heavy atom. The summed E-state index contributed by atoms with van der Waals surface area (Å²) in [6.45, 7) is 2.69. The lowest BCUT2D eigenvalue weighted by molar-refractivity contribution is 0.171. The molecule has 2 atom stereocenters. The van der Waals surface area contributed by atoms with Gasteiger partial charge in [-0.05, 0) is 45.8 Å². The predicted molar refractivity (Wildman–Crippen MR) is 46.7 cm³/mol. The van der Waals surface area contributed by atoms with E-state index in [0.29, 0.717) is 0 Å². The third-order valence-electron chi connectivity index (χ3n) is 3.23. The largest absolute Gasteiger partial charge is 0.317 e. The van der Waals surface area contributed by atoms with E-state index >= 15 is 0 Å². The SMILES string of the molecule is CNC1CCN2CCCC2C1. The molecule has 0 aromatic rings. The second-order valence-corrected chi connectivity index (χ2v) is 3.84. The van der Waals surface area contributed by atoms with E-state index in [9.17, 15) is 0 Å². The van der Waals surface area contributed by atoms with Gasteiger partial charge in [-0.1, -0.05) is 0 Å². The van der Waals surface area contributed by atoms with Crippen molar-refractivity contribution in [1.82, 2.24) is 10.2 Å². The van der Waals surface area contributed by atoms with Crippen molar-refractivity contribution >= 4 is 0 Å². The Labute approximate surface area is 69.0 Å². The van der Waals surface area contributed by atoms with Crippen molar-refractivity contribution < 1.29 is 0 Å². The lowest BCUT2D eigenvalue weighted by atomic mass is 9.98. The van der Waals surface area contributed by atoms with Gasteiger partial charge in [0.15, 0.2) is 0 Å². The van der Waals surface area contributed by atoms with Crippen LogP contribution in [0.1, 0.15) is 25.7 Å². The molecule has 2 heteroatoms. The normalized spacial score (nSPS) is 39.0. The Morgan fingerprint density at radius 1 is 1.27 bits per heavy atom. The summed E-state index contributed by atoms with van der Waals surface area (Å²) < 4.78 is 0. The summed E-state index contributed by atoms with van der Waals surface area (Å²) in [5.74, 6) is 0. The molecule has 0 radical (unpaired) electrons.